The van der Waals surface area contributed by atoms with E-state index in [1.165, 1.54) is 11.3 Å². The van der Waals surface area contributed by atoms with Gasteiger partial charge in [-0.2, -0.15) is 4.98 Å². The molecule has 2 aromatic heterocycles. The summed E-state index contributed by atoms with van der Waals surface area (Å²) in [5, 5.41) is 7.23. The number of rotatable bonds is 6. The summed E-state index contributed by atoms with van der Waals surface area (Å²) in [6.07, 6.45) is 0.0664. The van der Waals surface area contributed by atoms with Crippen molar-refractivity contribution in [1.29, 1.82) is 0 Å². The first-order valence-electron chi connectivity index (χ1n) is 8.04. The minimum absolute atomic E-state index is 0.0664. The Morgan fingerprint density at radius 2 is 1.81 bits per heavy atom. The van der Waals surface area contributed by atoms with Crippen LogP contribution < -0.4 is 9.47 Å². The zero-order chi connectivity index (χ0) is 18.6. The van der Waals surface area contributed by atoms with Crippen molar-refractivity contribution >= 4 is 22.9 Å². The molecule has 6 nitrogen and oxygen atoms in total. The van der Waals surface area contributed by atoms with Crippen LogP contribution in [0.1, 0.15) is 5.69 Å². The van der Waals surface area contributed by atoms with Gasteiger partial charge in [-0.05, 0) is 24.3 Å². The molecule has 0 aliphatic rings. The van der Waals surface area contributed by atoms with Gasteiger partial charge in [-0.3, -0.25) is 4.52 Å². The van der Waals surface area contributed by atoms with Crippen LogP contribution in [0.4, 0.5) is 0 Å². The van der Waals surface area contributed by atoms with Gasteiger partial charge < -0.3 is 9.47 Å². The van der Waals surface area contributed by atoms with Crippen molar-refractivity contribution in [2.45, 2.75) is 6.61 Å². The maximum Gasteiger partial charge on any atom is 0.418 e. The molecule has 0 amide bonds. The van der Waals surface area contributed by atoms with Crippen molar-refractivity contribution in [2.24, 2.45) is 0 Å². The van der Waals surface area contributed by atoms with E-state index in [0.717, 1.165) is 22.0 Å². The molecular weight excluding hydrogens is 386 g/mol. The van der Waals surface area contributed by atoms with Gasteiger partial charge in [0.25, 0.3) is 0 Å². The van der Waals surface area contributed by atoms with Gasteiger partial charge in [-0.1, -0.05) is 41.0 Å². The summed E-state index contributed by atoms with van der Waals surface area (Å²) in [5.41, 5.74) is 2.39. The number of thiazole rings is 1. The SMILES string of the molecule is COc1ccccc1-c1nc(COc2nc(-c3ccccc3Cl)no2)cs1. The lowest BCUT2D eigenvalue weighted by Gasteiger charge is -2.04. The highest BCUT2D eigenvalue weighted by molar-refractivity contribution is 7.13. The fraction of sp³-hybridized carbons (Fsp3) is 0.105. The number of halogens is 1. The predicted octanol–water partition coefficient (Wildman–Crippen LogP) is 5.10. The molecule has 0 unspecified atom stereocenters. The van der Waals surface area contributed by atoms with Gasteiger partial charge >= 0.3 is 6.08 Å². The summed E-state index contributed by atoms with van der Waals surface area (Å²) in [6.45, 7) is 0.218. The smallest absolute Gasteiger partial charge is 0.418 e. The summed E-state index contributed by atoms with van der Waals surface area (Å²) < 4.78 is 16.1. The molecule has 4 rings (SSSR count). The van der Waals surface area contributed by atoms with Crippen LogP contribution in [0.25, 0.3) is 22.0 Å². The molecule has 0 saturated carbocycles. The normalized spacial score (nSPS) is 10.7. The molecule has 0 atom stereocenters. The lowest BCUT2D eigenvalue weighted by Crippen LogP contribution is -1.96. The fourth-order valence-corrected chi connectivity index (χ4v) is 3.53. The number of nitrogens with zero attached hydrogens (tertiary/aromatic N) is 3. The Morgan fingerprint density at radius 1 is 1.04 bits per heavy atom. The van der Waals surface area contributed by atoms with E-state index in [-0.39, 0.29) is 12.7 Å². The van der Waals surface area contributed by atoms with E-state index in [1.54, 1.807) is 13.2 Å². The quantitative estimate of drug-likeness (QED) is 0.449. The average molecular weight is 400 g/mol. The molecule has 27 heavy (non-hydrogen) atoms. The van der Waals surface area contributed by atoms with E-state index in [0.29, 0.717) is 16.4 Å². The zero-order valence-corrected chi connectivity index (χ0v) is 15.8. The van der Waals surface area contributed by atoms with Crippen LogP contribution >= 0.6 is 22.9 Å². The van der Waals surface area contributed by atoms with Crippen molar-refractivity contribution in [3.05, 3.63) is 64.6 Å². The summed E-state index contributed by atoms with van der Waals surface area (Å²) >= 11 is 7.66. The van der Waals surface area contributed by atoms with E-state index in [2.05, 4.69) is 15.1 Å². The second-order valence-electron chi connectivity index (χ2n) is 5.50. The molecule has 4 aromatic rings. The molecule has 0 fully saturated rings. The number of hydrogen-bond donors (Lipinski definition) is 0. The number of aromatic nitrogens is 3. The highest BCUT2D eigenvalue weighted by Gasteiger charge is 2.14. The number of hydrogen-bond acceptors (Lipinski definition) is 7. The third-order valence-corrected chi connectivity index (χ3v) is 5.01. The highest BCUT2D eigenvalue weighted by Crippen LogP contribution is 2.32. The Bertz CT molecular complexity index is 1060. The van der Waals surface area contributed by atoms with Crippen molar-refractivity contribution in [3.8, 4) is 33.8 Å². The minimum atomic E-state index is 0.0664. The third-order valence-electron chi connectivity index (χ3n) is 3.75. The monoisotopic (exact) mass is 399 g/mol. The number of para-hydroxylation sites is 1. The zero-order valence-electron chi connectivity index (χ0n) is 14.3. The second kappa shape index (κ2) is 7.77. The van der Waals surface area contributed by atoms with Crippen molar-refractivity contribution in [2.75, 3.05) is 7.11 Å². The topological polar surface area (TPSA) is 70.3 Å². The van der Waals surface area contributed by atoms with Crippen LogP contribution in [0.5, 0.6) is 11.8 Å². The van der Waals surface area contributed by atoms with E-state index >= 15 is 0 Å². The highest BCUT2D eigenvalue weighted by atomic mass is 35.5. The first-order valence-corrected chi connectivity index (χ1v) is 9.29. The van der Waals surface area contributed by atoms with Crippen molar-refractivity contribution < 1.29 is 14.0 Å². The number of methoxy groups -OCH3 is 1. The molecule has 2 aromatic carbocycles. The Kier molecular flexibility index (Phi) is 5.04. The largest absolute Gasteiger partial charge is 0.496 e. The number of ether oxygens (including phenoxy) is 2. The van der Waals surface area contributed by atoms with Gasteiger partial charge in [0, 0.05) is 10.9 Å². The van der Waals surface area contributed by atoms with Crippen LogP contribution in [0.15, 0.2) is 58.4 Å². The maximum atomic E-state index is 6.15. The van der Waals surface area contributed by atoms with E-state index in [9.17, 15) is 0 Å². The maximum absolute atomic E-state index is 6.15. The molecule has 0 radical (unpaired) electrons. The second-order valence-corrected chi connectivity index (χ2v) is 6.76. The van der Waals surface area contributed by atoms with Crippen LogP contribution in [0, 0.1) is 0 Å². The van der Waals surface area contributed by atoms with Crippen molar-refractivity contribution in [1.82, 2.24) is 15.1 Å². The Balaban J connectivity index is 1.46. The molecule has 0 aliphatic heterocycles. The van der Waals surface area contributed by atoms with Crippen LogP contribution in [-0.2, 0) is 6.61 Å². The molecule has 0 aliphatic carbocycles. The van der Waals surface area contributed by atoms with E-state index in [1.807, 2.05) is 47.8 Å². The van der Waals surface area contributed by atoms with Gasteiger partial charge in [-0.15, -0.1) is 11.3 Å². The minimum Gasteiger partial charge on any atom is -0.496 e. The lowest BCUT2D eigenvalue weighted by atomic mass is 10.2. The first-order chi connectivity index (χ1) is 13.2. The summed E-state index contributed by atoms with van der Waals surface area (Å²) in [6, 6.07) is 15.0. The number of benzene rings is 2. The Hall–Kier alpha value is -2.90. The summed E-state index contributed by atoms with van der Waals surface area (Å²) in [4.78, 5) is 8.81. The van der Waals surface area contributed by atoms with E-state index < -0.39 is 0 Å². The third kappa shape index (κ3) is 3.79. The molecular formula is C19H14ClN3O3S. The molecule has 0 N–H and O–H groups in total. The average Bonchev–Trinajstić information content (AvgIpc) is 3.36. The Labute approximate surface area is 164 Å². The summed E-state index contributed by atoms with van der Waals surface area (Å²) in [5.74, 6) is 1.16. The standard InChI is InChI=1S/C19H14ClN3O3S/c1-24-16-9-5-3-7-14(16)18-21-12(11-27-18)10-25-19-22-17(23-26-19)13-6-2-4-8-15(13)20/h2-9,11H,10H2,1H3. The molecule has 0 saturated heterocycles. The van der Waals surface area contributed by atoms with E-state index in [4.69, 9.17) is 25.6 Å². The predicted molar refractivity (Wildman–Crippen MR) is 103 cm³/mol. The van der Waals surface area contributed by atoms with Crippen LogP contribution in [-0.4, -0.2) is 22.2 Å². The molecule has 8 heteroatoms. The fourth-order valence-electron chi connectivity index (χ4n) is 2.47. The molecule has 0 bridgehead atoms. The van der Waals surface area contributed by atoms with Gasteiger partial charge in [0.2, 0.25) is 5.82 Å². The van der Waals surface area contributed by atoms with Crippen LogP contribution in [0.2, 0.25) is 5.02 Å². The first kappa shape index (κ1) is 17.5. The molecule has 136 valence electrons. The van der Waals surface area contributed by atoms with Gasteiger partial charge in [-0.25, -0.2) is 4.98 Å². The van der Waals surface area contributed by atoms with Crippen molar-refractivity contribution in [3.63, 3.8) is 0 Å². The molecule has 2 heterocycles. The van der Waals surface area contributed by atoms with Gasteiger partial charge in [0.1, 0.15) is 17.4 Å². The summed E-state index contributed by atoms with van der Waals surface area (Å²) in [7, 11) is 1.64. The van der Waals surface area contributed by atoms with Gasteiger partial charge in [0.15, 0.2) is 0 Å². The molecule has 0 spiro atoms. The lowest BCUT2D eigenvalue weighted by molar-refractivity contribution is 0.193. The van der Waals surface area contributed by atoms with Gasteiger partial charge in [0.05, 0.1) is 23.4 Å². The Morgan fingerprint density at radius 3 is 2.63 bits per heavy atom. The van der Waals surface area contributed by atoms with Crippen LogP contribution in [0.3, 0.4) is 0 Å².